The Bertz CT molecular complexity index is 543. The zero-order valence-corrected chi connectivity index (χ0v) is 28.1. The Labute approximate surface area is 269 Å². The maximum Gasteiger partial charge on any atom is 1.00 e. The van der Waals surface area contributed by atoms with Crippen LogP contribution in [-0.2, 0) is 33.2 Å². The van der Waals surface area contributed by atoms with Gasteiger partial charge in [0.15, 0.2) is 0 Å². The van der Waals surface area contributed by atoms with Crippen molar-refractivity contribution in [1.29, 1.82) is 0 Å². The van der Waals surface area contributed by atoms with Crippen molar-refractivity contribution in [1.82, 2.24) is 0 Å². The monoisotopic (exact) mass is 554 g/mol. The second-order valence-electron chi connectivity index (χ2n) is 7.80. The molecule has 0 saturated carbocycles. The van der Waals surface area contributed by atoms with Crippen LogP contribution in [0.2, 0.25) is 0 Å². The Morgan fingerprint density at radius 1 is 0.892 bits per heavy atom. The van der Waals surface area contributed by atoms with Crippen LogP contribution in [-0.4, -0.2) is 78.3 Å². The molecule has 0 spiro atoms. The van der Waals surface area contributed by atoms with Gasteiger partial charge < -0.3 is 38.3 Å². The van der Waals surface area contributed by atoms with E-state index < -0.39 is 18.2 Å². The van der Waals surface area contributed by atoms with E-state index in [4.69, 9.17) is 33.2 Å². The van der Waals surface area contributed by atoms with E-state index in [2.05, 4.69) is 30.3 Å². The third-order valence-electron chi connectivity index (χ3n) is 3.20. The summed E-state index contributed by atoms with van der Waals surface area (Å²) < 4.78 is 35.5. The first-order chi connectivity index (χ1) is 17.2. The first-order valence-electron chi connectivity index (χ1n) is 12.6. The average molecular weight is 555 g/mol. The molecule has 0 aliphatic carbocycles. The Hall–Kier alpha value is 0.176. The summed E-state index contributed by atoms with van der Waals surface area (Å²) in [5, 5.41) is 10.1. The predicted octanol–water partition coefficient (Wildman–Crippen LogP) is 0.920. The molecule has 1 saturated heterocycles. The van der Waals surface area contributed by atoms with Gasteiger partial charge in [-0.1, -0.05) is 39.2 Å². The van der Waals surface area contributed by atoms with Crippen molar-refractivity contribution in [3.63, 3.8) is 0 Å². The van der Waals surface area contributed by atoms with Gasteiger partial charge in [0.25, 0.3) is 0 Å². The molecule has 212 valence electrons. The third-order valence-corrected chi connectivity index (χ3v) is 3.20. The predicted molar refractivity (Wildman–Crippen MR) is 142 cm³/mol. The molecule has 1 aliphatic rings. The molecule has 8 nitrogen and oxygen atoms in total. The minimum absolute atomic E-state index is 0. The fourth-order valence-electron chi connectivity index (χ4n) is 1.93. The molecular weight excluding hydrogens is 503 g/mol. The zero-order valence-electron chi connectivity index (χ0n) is 25.0. The Morgan fingerprint density at radius 3 is 1.65 bits per heavy atom. The fourth-order valence-corrected chi connectivity index (χ4v) is 1.93. The van der Waals surface area contributed by atoms with Gasteiger partial charge in [-0.15, -0.1) is 5.60 Å². The van der Waals surface area contributed by atoms with Gasteiger partial charge in [0, 0.05) is 53.2 Å². The van der Waals surface area contributed by atoms with Crippen LogP contribution in [0.5, 0.6) is 0 Å². The molecule has 0 amide bonds. The van der Waals surface area contributed by atoms with Gasteiger partial charge in [0.05, 0.1) is 6.61 Å². The van der Waals surface area contributed by atoms with Gasteiger partial charge in [0.2, 0.25) is 12.6 Å². The van der Waals surface area contributed by atoms with E-state index in [1.807, 2.05) is 27.7 Å². The van der Waals surface area contributed by atoms with Gasteiger partial charge in [-0.25, -0.2) is 0 Å². The molecule has 1 rings (SSSR count). The molecule has 9 heteroatoms. The summed E-state index contributed by atoms with van der Waals surface area (Å²) in [6.45, 7) is 21.3. The van der Waals surface area contributed by atoms with Gasteiger partial charge >= 0.3 is 51.4 Å². The Morgan fingerprint density at radius 2 is 1.32 bits per heavy atom. The van der Waals surface area contributed by atoms with Gasteiger partial charge in [-0.3, -0.25) is 0 Å². The van der Waals surface area contributed by atoms with Crippen LogP contribution in [0.15, 0.2) is 12.7 Å². The number of rotatable bonds is 12. The maximum absolute atomic E-state index is 10.1. The third kappa shape index (κ3) is 49.6. The van der Waals surface area contributed by atoms with Crippen molar-refractivity contribution in [2.45, 2.75) is 85.9 Å². The maximum atomic E-state index is 10.1. The quantitative estimate of drug-likeness (QED) is 0.152. The van der Waals surface area contributed by atoms with Crippen molar-refractivity contribution >= 4 is 0 Å². The molecule has 0 radical (unpaired) electrons. The van der Waals surface area contributed by atoms with Crippen LogP contribution >= 0.6 is 0 Å². The minimum atomic E-state index is -0.750. The number of allylic oxidation sites excluding steroid dienone is 1. The number of ether oxygens (including phenoxy) is 7. The Kier molecular flexibility index (Phi) is 43.2. The normalized spacial score (nSPS) is 11.6. The summed E-state index contributed by atoms with van der Waals surface area (Å²) in [5.74, 6) is 11.3. The van der Waals surface area contributed by atoms with Crippen LogP contribution in [0.25, 0.3) is 0 Å². The summed E-state index contributed by atoms with van der Waals surface area (Å²) in [7, 11) is 1.59. The molecule has 0 unspecified atom stereocenters. The van der Waals surface area contributed by atoms with Crippen LogP contribution in [0.4, 0.5) is 0 Å². The van der Waals surface area contributed by atoms with E-state index in [9.17, 15) is 5.11 Å². The van der Waals surface area contributed by atoms with Crippen LogP contribution < -0.4 is 56.5 Å². The molecule has 0 atom stereocenters. The topological polar surface area (TPSA) is 87.7 Å². The van der Waals surface area contributed by atoms with Crippen molar-refractivity contribution in [3.05, 3.63) is 12.7 Å². The van der Waals surface area contributed by atoms with E-state index in [1.165, 1.54) is 18.9 Å². The number of hydrogen-bond donors (Lipinski definition) is 0. The summed E-state index contributed by atoms with van der Waals surface area (Å²) >= 11 is 0. The van der Waals surface area contributed by atoms with E-state index >= 15 is 0 Å². The summed E-state index contributed by atoms with van der Waals surface area (Å²) in [5.41, 5.74) is -0.750. The Balaban J connectivity index is -0.000000215. The standard InChI is InChI=1S/C11H20O4.C9H14O2.C4H8O.C4H9O.K/c1-4-14-11(15-5-2)8-6-7-9-13-10-12-3;1-4-7-8-9(10-5-2)11-6-3;1-2-4-5-3-1;1-4(2,3)5;/h11H,4-5,7,9-10H2,1-3H3;4,9H,1,5-6H2,2-3H3;1-4H2;1-3H3;/q;;;-1;+1. The molecule has 0 aromatic rings. The van der Waals surface area contributed by atoms with E-state index in [1.54, 1.807) is 27.9 Å². The largest absolute Gasteiger partial charge is 1.00 e. The van der Waals surface area contributed by atoms with Crippen molar-refractivity contribution in [2.75, 3.05) is 60.2 Å². The molecule has 0 bridgehead atoms. The van der Waals surface area contributed by atoms with E-state index in [0.29, 0.717) is 46.2 Å². The number of hydrogen-bond acceptors (Lipinski definition) is 8. The molecule has 1 aliphatic heterocycles. The molecule has 37 heavy (non-hydrogen) atoms. The number of methoxy groups -OCH3 is 1. The molecular formula is C28H51KO8. The summed E-state index contributed by atoms with van der Waals surface area (Å²) in [6.07, 6.45) is 3.91. The van der Waals surface area contributed by atoms with Crippen molar-refractivity contribution < 1.29 is 89.6 Å². The summed E-state index contributed by atoms with van der Waals surface area (Å²) in [4.78, 5) is 0. The molecule has 1 heterocycles. The average Bonchev–Trinajstić information content (AvgIpc) is 3.40. The van der Waals surface area contributed by atoms with Crippen molar-refractivity contribution in [2.24, 2.45) is 0 Å². The van der Waals surface area contributed by atoms with Crippen molar-refractivity contribution in [3.8, 4) is 23.7 Å². The molecule has 1 fully saturated rings. The summed E-state index contributed by atoms with van der Waals surface area (Å²) in [6, 6.07) is 0. The van der Waals surface area contributed by atoms with Crippen LogP contribution in [0.1, 0.15) is 67.7 Å². The molecule has 0 aromatic heterocycles. The second-order valence-corrected chi connectivity index (χ2v) is 7.80. The first kappa shape index (κ1) is 44.2. The van der Waals surface area contributed by atoms with Crippen LogP contribution in [0.3, 0.4) is 0 Å². The minimum Gasteiger partial charge on any atom is -0.850 e. The zero-order chi connectivity index (χ0) is 27.9. The van der Waals surface area contributed by atoms with E-state index in [0.717, 1.165) is 13.2 Å². The first-order valence-corrected chi connectivity index (χ1v) is 12.6. The van der Waals surface area contributed by atoms with Gasteiger partial charge in [-0.2, -0.15) is 0 Å². The fraction of sp³-hybridized carbons (Fsp3) is 0.786. The SMILES string of the molecule is C1CCOC1.C=CC#CC(OCC)OCC.CC(C)(C)[O-].CCOC(C#CCCOCOC)OCC.[K+]. The van der Waals surface area contributed by atoms with Crippen LogP contribution in [0, 0.1) is 23.7 Å². The molecule has 0 N–H and O–H groups in total. The van der Waals surface area contributed by atoms with Gasteiger partial charge in [-0.05, 0) is 58.5 Å². The van der Waals surface area contributed by atoms with E-state index in [-0.39, 0.29) is 51.4 Å². The van der Waals surface area contributed by atoms with Gasteiger partial charge in [0.1, 0.15) is 6.79 Å². The smallest absolute Gasteiger partial charge is 0.850 e. The molecule has 0 aromatic carbocycles. The second kappa shape index (κ2) is 36.2.